The third kappa shape index (κ3) is 3.42. The first-order chi connectivity index (χ1) is 7.95. The fourth-order valence-corrected chi connectivity index (χ4v) is 1.29. The van der Waals surface area contributed by atoms with Crippen molar-refractivity contribution in [1.82, 2.24) is 9.88 Å². The van der Waals surface area contributed by atoms with Gasteiger partial charge >= 0.3 is 5.97 Å². The Morgan fingerprint density at radius 3 is 2.76 bits per heavy atom. The van der Waals surface area contributed by atoms with E-state index in [0.29, 0.717) is 0 Å². The molecule has 0 atom stereocenters. The first kappa shape index (κ1) is 13.4. The molecule has 0 spiro atoms. The van der Waals surface area contributed by atoms with Gasteiger partial charge in [0.15, 0.2) is 0 Å². The summed E-state index contributed by atoms with van der Waals surface area (Å²) in [6.45, 7) is 0. The second kappa shape index (κ2) is 5.63. The van der Waals surface area contributed by atoms with E-state index >= 15 is 0 Å². The lowest BCUT2D eigenvalue weighted by molar-refractivity contribution is 0.0600. The second-order valence-corrected chi connectivity index (χ2v) is 3.82. The predicted molar refractivity (Wildman–Crippen MR) is 63.3 cm³/mol. The average molecular weight is 259 g/mol. The maximum absolute atomic E-state index is 13.6. The van der Waals surface area contributed by atoms with Gasteiger partial charge in [-0.2, -0.15) is 0 Å². The number of hydrogen-bond acceptors (Lipinski definition) is 4. The van der Waals surface area contributed by atoms with Crippen LogP contribution in [0.2, 0.25) is 5.15 Å². The molecule has 1 heterocycles. The molecule has 1 aromatic heterocycles. The highest BCUT2D eigenvalue weighted by atomic mass is 35.5. The summed E-state index contributed by atoms with van der Waals surface area (Å²) in [5.74, 6) is -1.35. The third-order valence-electron chi connectivity index (χ3n) is 1.89. The van der Waals surface area contributed by atoms with Crippen LogP contribution in [-0.4, -0.2) is 37.1 Å². The summed E-state index contributed by atoms with van der Waals surface area (Å²) in [6.07, 6.45) is 3.09. The van der Waals surface area contributed by atoms with Gasteiger partial charge in [-0.15, -0.1) is 0 Å². The fraction of sp³-hybridized carbons (Fsp3) is 0.273. The van der Waals surface area contributed by atoms with Crippen LogP contribution in [0.15, 0.2) is 12.3 Å². The summed E-state index contributed by atoms with van der Waals surface area (Å²) >= 11 is 5.76. The highest BCUT2D eigenvalue weighted by Gasteiger charge is 2.15. The number of hydrogen-bond donors (Lipinski definition) is 0. The molecule has 1 aromatic rings. The maximum Gasteiger partial charge on any atom is 0.341 e. The highest BCUT2D eigenvalue weighted by Crippen LogP contribution is 2.18. The van der Waals surface area contributed by atoms with Crippen LogP contribution in [0.3, 0.4) is 0 Å². The number of ether oxygens (including phenoxy) is 1. The van der Waals surface area contributed by atoms with Gasteiger partial charge in [0.25, 0.3) is 0 Å². The number of halogens is 2. The summed E-state index contributed by atoms with van der Waals surface area (Å²) in [4.78, 5) is 16.7. The zero-order valence-electron chi connectivity index (χ0n) is 9.70. The van der Waals surface area contributed by atoms with E-state index in [2.05, 4.69) is 9.72 Å². The molecule has 1 rings (SSSR count). The molecule has 0 amide bonds. The van der Waals surface area contributed by atoms with Crippen LogP contribution in [0, 0.1) is 5.82 Å². The van der Waals surface area contributed by atoms with E-state index < -0.39 is 11.8 Å². The molecule has 0 saturated carbocycles. The van der Waals surface area contributed by atoms with Crippen LogP contribution in [-0.2, 0) is 4.74 Å². The number of nitrogens with zero attached hydrogens (tertiary/aromatic N) is 2. The lowest BCUT2D eigenvalue weighted by Crippen LogP contribution is -2.06. The van der Waals surface area contributed by atoms with Crippen molar-refractivity contribution >= 4 is 23.6 Å². The van der Waals surface area contributed by atoms with Crippen LogP contribution >= 0.6 is 11.6 Å². The maximum atomic E-state index is 13.6. The summed E-state index contributed by atoms with van der Waals surface area (Å²) in [5, 5.41) is -0.0864. The van der Waals surface area contributed by atoms with E-state index in [4.69, 9.17) is 11.6 Å². The number of esters is 1. The molecule has 0 N–H and O–H groups in total. The van der Waals surface area contributed by atoms with Gasteiger partial charge in [0.1, 0.15) is 16.7 Å². The minimum atomic E-state index is -0.718. The zero-order chi connectivity index (χ0) is 13.0. The van der Waals surface area contributed by atoms with E-state index in [9.17, 15) is 9.18 Å². The van der Waals surface area contributed by atoms with Gasteiger partial charge in [0.2, 0.25) is 0 Å². The molecular weight excluding hydrogens is 247 g/mol. The minimum absolute atomic E-state index is 0.0661. The molecule has 0 aliphatic heterocycles. The number of carbonyl (C=O) groups excluding carboxylic acids is 1. The SMILES string of the molecule is COC(=O)c1cc(F)c(/C=C/N(C)C)nc1Cl. The molecule has 0 aliphatic rings. The van der Waals surface area contributed by atoms with Crippen molar-refractivity contribution in [2.24, 2.45) is 0 Å². The first-order valence-electron chi connectivity index (χ1n) is 4.74. The van der Waals surface area contributed by atoms with Crippen LogP contribution in [0.4, 0.5) is 4.39 Å². The lowest BCUT2D eigenvalue weighted by Gasteiger charge is -2.06. The average Bonchev–Trinajstić information content (AvgIpc) is 2.28. The van der Waals surface area contributed by atoms with Crippen molar-refractivity contribution in [1.29, 1.82) is 0 Å². The molecule has 0 saturated heterocycles. The lowest BCUT2D eigenvalue weighted by atomic mass is 10.2. The molecule has 0 unspecified atom stereocenters. The first-order valence-corrected chi connectivity index (χ1v) is 5.12. The third-order valence-corrected chi connectivity index (χ3v) is 2.18. The summed E-state index contributed by atoms with van der Waals surface area (Å²) in [6, 6.07) is 1.01. The smallest absolute Gasteiger partial charge is 0.341 e. The Balaban J connectivity index is 3.14. The molecule has 0 radical (unpaired) electrons. The summed E-state index contributed by atoms with van der Waals surface area (Å²) < 4.78 is 18.0. The van der Waals surface area contributed by atoms with Gasteiger partial charge < -0.3 is 9.64 Å². The van der Waals surface area contributed by atoms with Gasteiger partial charge in [0, 0.05) is 20.3 Å². The Kier molecular flexibility index (Phi) is 4.45. The fourth-order valence-electron chi connectivity index (χ4n) is 1.07. The number of methoxy groups -OCH3 is 1. The van der Waals surface area contributed by atoms with Gasteiger partial charge in [-0.3, -0.25) is 0 Å². The molecule has 4 nitrogen and oxygen atoms in total. The molecule has 0 aromatic carbocycles. The van der Waals surface area contributed by atoms with E-state index in [-0.39, 0.29) is 16.4 Å². The highest BCUT2D eigenvalue weighted by molar-refractivity contribution is 6.32. The molecule has 0 fully saturated rings. The molecule has 0 aliphatic carbocycles. The number of carbonyl (C=O) groups is 1. The van der Waals surface area contributed by atoms with Gasteiger partial charge in [-0.1, -0.05) is 11.6 Å². The normalized spacial score (nSPS) is 10.6. The number of pyridine rings is 1. The van der Waals surface area contributed by atoms with Crippen LogP contribution in [0.1, 0.15) is 16.1 Å². The van der Waals surface area contributed by atoms with Crippen LogP contribution in [0.5, 0.6) is 0 Å². The molecule has 6 heteroatoms. The van der Waals surface area contributed by atoms with Gasteiger partial charge in [-0.05, 0) is 12.1 Å². The van der Waals surface area contributed by atoms with Crippen molar-refractivity contribution in [2.45, 2.75) is 0 Å². The summed E-state index contributed by atoms with van der Waals surface area (Å²) in [7, 11) is 4.77. The Labute approximate surface area is 104 Å². The van der Waals surface area contributed by atoms with Crippen molar-refractivity contribution in [2.75, 3.05) is 21.2 Å². The zero-order valence-corrected chi connectivity index (χ0v) is 10.5. The van der Waals surface area contributed by atoms with Crippen molar-refractivity contribution < 1.29 is 13.9 Å². The van der Waals surface area contributed by atoms with Crippen molar-refractivity contribution in [3.63, 3.8) is 0 Å². The Bertz CT molecular complexity index is 461. The van der Waals surface area contributed by atoms with E-state index in [1.54, 1.807) is 25.2 Å². The molecule has 0 bridgehead atoms. The quantitative estimate of drug-likeness (QED) is 0.616. The van der Waals surface area contributed by atoms with Gasteiger partial charge in [0.05, 0.1) is 12.7 Å². The number of aromatic nitrogens is 1. The standard InChI is InChI=1S/C11H12ClFN2O2/c1-15(2)5-4-9-8(13)6-7(10(12)14-9)11(16)17-3/h4-6H,1-3H3/b5-4+. The Morgan fingerprint density at radius 1 is 1.59 bits per heavy atom. The monoisotopic (exact) mass is 258 g/mol. The second-order valence-electron chi connectivity index (χ2n) is 3.46. The van der Waals surface area contributed by atoms with Crippen molar-refractivity contribution in [3.05, 3.63) is 34.5 Å². The Hall–Kier alpha value is -1.62. The van der Waals surface area contributed by atoms with Crippen molar-refractivity contribution in [3.8, 4) is 0 Å². The Morgan fingerprint density at radius 2 is 2.24 bits per heavy atom. The van der Waals surface area contributed by atoms with Crippen LogP contribution < -0.4 is 0 Å². The molecular formula is C11H12ClFN2O2. The minimum Gasteiger partial charge on any atom is -0.465 e. The molecule has 92 valence electrons. The summed E-state index contributed by atoms with van der Waals surface area (Å²) in [5.41, 5.74) is -0.0231. The van der Waals surface area contributed by atoms with E-state index in [1.807, 2.05) is 0 Å². The topological polar surface area (TPSA) is 42.4 Å². The van der Waals surface area contributed by atoms with E-state index in [1.165, 1.54) is 13.2 Å². The predicted octanol–water partition coefficient (Wildman–Crippen LogP) is 2.19. The molecule has 17 heavy (non-hydrogen) atoms. The largest absolute Gasteiger partial charge is 0.465 e. The van der Waals surface area contributed by atoms with Crippen LogP contribution in [0.25, 0.3) is 6.08 Å². The van der Waals surface area contributed by atoms with Gasteiger partial charge in [-0.25, -0.2) is 14.2 Å². The number of rotatable bonds is 3. The van der Waals surface area contributed by atoms with E-state index in [0.717, 1.165) is 6.07 Å².